The van der Waals surface area contributed by atoms with E-state index in [0.717, 1.165) is 32.8 Å². The van der Waals surface area contributed by atoms with Gasteiger partial charge < -0.3 is 15.5 Å². The Hall–Kier alpha value is -1.70. The number of ether oxygens (including phenoxy) is 1. The zero-order valence-electron chi connectivity index (χ0n) is 10.8. The van der Waals surface area contributed by atoms with Gasteiger partial charge in [0.05, 0.1) is 25.1 Å². The van der Waals surface area contributed by atoms with Crippen LogP contribution in [-0.2, 0) is 4.74 Å². The Balaban J connectivity index is 1.73. The monoisotopic (exact) mass is 265 g/mol. The first kappa shape index (κ1) is 13.7. The van der Waals surface area contributed by atoms with Crippen LogP contribution < -0.4 is 16.6 Å². The predicted octanol–water partition coefficient (Wildman–Crippen LogP) is -0.571. The van der Waals surface area contributed by atoms with Crippen molar-refractivity contribution < 1.29 is 9.53 Å². The second-order valence-corrected chi connectivity index (χ2v) is 4.29. The fraction of sp³-hybridized carbons (Fsp3) is 0.500. The van der Waals surface area contributed by atoms with Crippen LogP contribution in [-0.4, -0.2) is 55.2 Å². The third-order valence-corrected chi connectivity index (χ3v) is 2.98. The molecule has 104 valence electrons. The molecule has 0 bridgehead atoms. The first-order valence-electron chi connectivity index (χ1n) is 6.30. The Morgan fingerprint density at radius 3 is 2.84 bits per heavy atom. The Morgan fingerprint density at radius 1 is 1.42 bits per heavy atom. The Morgan fingerprint density at radius 2 is 2.21 bits per heavy atom. The summed E-state index contributed by atoms with van der Waals surface area (Å²) in [5, 5.41) is 2.85. The maximum Gasteiger partial charge on any atom is 0.269 e. The van der Waals surface area contributed by atoms with Crippen molar-refractivity contribution in [2.75, 3.05) is 44.8 Å². The minimum atomic E-state index is -0.170. The van der Waals surface area contributed by atoms with Crippen LogP contribution in [0, 0.1) is 0 Å². The summed E-state index contributed by atoms with van der Waals surface area (Å²) in [7, 11) is 0. The van der Waals surface area contributed by atoms with E-state index in [1.807, 2.05) is 0 Å². The summed E-state index contributed by atoms with van der Waals surface area (Å²) in [5.41, 5.74) is 3.53. The summed E-state index contributed by atoms with van der Waals surface area (Å²) in [6, 6.07) is 3.35. The first-order chi connectivity index (χ1) is 9.29. The standard InChI is InChI=1S/C12H19N5O2/c13-16-10-1-2-11(15-9-10)12(18)14-3-4-17-5-7-19-8-6-17/h1-2,9,16H,3-8,13H2,(H,14,18). The molecule has 7 nitrogen and oxygen atoms in total. The lowest BCUT2D eigenvalue weighted by molar-refractivity contribution is 0.0383. The molecular weight excluding hydrogens is 246 g/mol. The van der Waals surface area contributed by atoms with E-state index in [-0.39, 0.29) is 5.91 Å². The van der Waals surface area contributed by atoms with Crippen LogP contribution in [0.25, 0.3) is 0 Å². The topological polar surface area (TPSA) is 92.5 Å². The second kappa shape index (κ2) is 7.03. The van der Waals surface area contributed by atoms with Crippen LogP contribution in [0.2, 0.25) is 0 Å². The molecule has 0 aromatic carbocycles. The zero-order valence-corrected chi connectivity index (χ0v) is 10.8. The van der Waals surface area contributed by atoms with E-state index in [2.05, 4.69) is 20.6 Å². The molecule has 1 fully saturated rings. The number of aromatic nitrogens is 1. The van der Waals surface area contributed by atoms with Gasteiger partial charge in [-0.25, -0.2) is 4.98 Å². The van der Waals surface area contributed by atoms with Gasteiger partial charge in [-0.3, -0.25) is 15.5 Å². The van der Waals surface area contributed by atoms with Gasteiger partial charge in [-0.1, -0.05) is 0 Å². The number of hydrazine groups is 1. The largest absolute Gasteiger partial charge is 0.379 e. The molecule has 1 aromatic rings. The van der Waals surface area contributed by atoms with Crippen molar-refractivity contribution in [3.8, 4) is 0 Å². The number of hydrogen-bond donors (Lipinski definition) is 3. The lowest BCUT2D eigenvalue weighted by Crippen LogP contribution is -2.41. The van der Waals surface area contributed by atoms with E-state index < -0.39 is 0 Å². The van der Waals surface area contributed by atoms with E-state index in [1.165, 1.54) is 6.20 Å². The van der Waals surface area contributed by atoms with Gasteiger partial charge in [0, 0.05) is 26.2 Å². The van der Waals surface area contributed by atoms with Crippen molar-refractivity contribution >= 4 is 11.6 Å². The highest BCUT2D eigenvalue weighted by Crippen LogP contribution is 2.03. The number of anilines is 1. The number of carbonyl (C=O) groups excluding carboxylic acids is 1. The number of carbonyl (C=O) groups is 1. The summed E-state index contributed by atoms with van der Waals surface area (Å²) in [6.45, 7) is 4.82. The van der Waals surface area contributed by atoms with Gasteiger partial charge in [-0.2, -0.15) is 0 Å². The fourth-order valence-corrected chi connectivity index (χ4v) is 1.86. The summed E-state index contributed by atoms with van der Waals surface area (Å²) >= 11 is 0. The van der Waals surface area contributed by atoms with Crippen LogP contribution >= 0.6 is 0 Å². The van der Waals surface area contributed by atoms with Gasteiger partial charge in [0.2, 0.25) is 0 Å². The number of nitrogens with one attached hydrogen (secondary N) is 2. The number of nitrogen functional groups attached to an aromatic ring is 1. The van der Waals surface area contributed by atoms with Gasteiger partial charge in [0.15, 0.2) is 0 Å². The molecule has 7 heteroatoms. The number of amides is 1. The van der Waals surface area contributed by atoms with Crippen LogP contribution in [0.15, 0.2) is 18.3 Å². The summed E-state index contributed by atoms with van der Waals surface area (Å²) in [5.74, 6) is 5.06. The zero-order chi connectivity index (χ0) is 13.5. The highest BCUT2D eigenvalue weighted by molar-refractivity contribution is 5.92. The third-order valence-electron chi connectivity index (χ3n) is 2.98. The van der Waals surface area contributed by atoms with E-state index in [4.69, 9.17) is 10.6 Å². The Kier molecular flexibility index (Phi) is 5.08. The van der Waals surface area contributed by atoms with Gasteiger partial charge >= 0.3 is 0 Å². The van der Waals surface area contributed by atoms with Crippen LogP contribution in [0.1, 0.15) is 10.5 Å². The fourth-order valence-electron chi connectivity index (χ4n) is 1.86. The summed E-state index contributed by atoms with van der Waals surface area (Å²) in [6.07, 6.45) is 1.52. The minimum Gasteiger partial charge on any atom is -0.379 e. The molecular formula is C12H19N5O2. The molecule has 2 heterocycles. The maximum atomic E-state index is 11.8. The molecule has 1 aliphatic heterocycles. The van der Waals surface area contributed by atoms with Gasteiger partial charge in [0.1, 0.15) is 5.69 Å². The second-order valence-electron chi connectivity index (χ2n) is 4.29. The molecule has 0 radical (unpaired) electrons. The van der Waals surface area contributed by atoms with Gasteiger partial charge in [0.25, 0.3) is 5.91 Å². The molecule has 4 N–H and O–H groups in total. The van der Waals surface area contributed by atoms with Crippen LogP contribution in [0.4, 0.5) is 5.69 Å². The van der Waals surface area contributed by atoms with Crippen LogP contribution in [0.5, 0.6) is 0 Å². The highest BCUT2D eigenvalue weighted by Gasteiger charge is 2.11. The van der Waals surface area contributed by atoms with Gasteiger partial charge in [-0.15, -0.1) is 0 Å². The van der Waals surface area contributed by atoms with E-state index in [9.17, 15) is 4.79 Å². The number of rotatable bonds is 5. The molecule has 0 unspecified atom stereocenters. The Bertz CT molecular complexity index is 403. The van der Waals surface area contributed by atoms with Crippen molar-refractivity contribution in [3.05, 3.63) is 24.0 Å². The number of nitrogens with zero attached hydrogens (tertiary/aromatic N) is 2. The summed E-state index contributed by atoms with van der Waals surface area (Å²) in [4.78, 5) is 18.1. The molecule has 2 rings (SSSR count). The van der Waals surface area contributed by atoms with E-state index >= 15 is 0 Å². The Labute approximate surface area is 112 Å². The molecule has 0 saturated carbocycles. The molecule has 0 aliphatic carbocycles. The molecule has 0 spiro atoms. The lowest BCUT2D eigenvalue weighted by atomic mass is 10.3. The SMILES string of the molecule is NNc1ccc(C(=O)NCCN2CCOCC2)nc1. The minimum absolute atomic E-state index is 0.170. The predicted molar refractivity (Wildman–Crippen MR) is 71.6 cm³/mol. The molecule has 19 heavy (non-hydrogen) atoms. The molecule has 1 amide bonds. The number of hydrogen-bond acceptors (Lipinski definition) is 6. The van der Waals surface area contributed by atoms with Crippen LogP contribution in [0.3, 0.4) is 0 Å². The van der Waals surface area contributed by atoms with Crippen molar-refractivity contribution in [2.24, 2.45) is 5.84 Å². The van der Waals surface area contributed by atoms with Crippen molar-refractivity contribution in [1.29, 1.82) is 0 Å². The molecule has 1 aromatic heterocycles. The van der Waals surface area contributed by atoms with Crippen molar-refractivity contribution in [2.45, 2.75) is 0 Å². The van der Waals surface area contributed by atoms with E-state index in [0.29, 0.717) is 17.9 Å². The van der Waals surface area contributed by atoms with Crippen molar-refractivity contribution in [1.82, 2.24) is 15.2 Å². The first-order valence-corrected chi connectivity index (χ1v) is 6.30. The number of nitrogens with two attached hydrogens (primary N) is 1. The quantitative estimate of drug-likeness (QED) is 0.488. The van der Waals surface area contributed by atoms with Gasteiger partial charge in [-0.05, 0) is 12.1 Å². The highest BCUT2D eigenvalue weighted by atomic mass is 16.5. The third kappa shape index (κ3) is 4.16. The smallest absolute Gasteiger partial charge is 0.269 e. The van der Waals surface area contributed by atoms with E-state index in [1.54, 1.807) is 12.1 Å². The number of pyridine rings is 1. The average Bonchev–Trinajstić information content (AvgIpc) is 2.48. The lowest BCUT2D eigenvalue weighted by Gasteiger charge is -2.26. The maximum absolute atomic E-state index is 11.8. The summed E-state index contributed by atoms with van der Waals surface area (Å²) < 4.78 is 5.26. The molecule has 1 aliphatic rings. The van der Waals surface area contributed by atoms with Crippen molar-refractivity contribution in [3.63, 3.8) is 0 Å². The average molecular weight is 265 g/mol. The molecule has 1 saturated heterocycles. The molecule has 0 atom stereocenters. The normalized spacial score (nSPS) is 16.1. The number of morpholine rings is 1.